The number of hydrogen-bond acceptors (Lipinski definition) is 2. The van der Waals surface area contributed by atoms with Crippen molar-refractivity contribution in [3.63, 3.8) is 0 Å². The van der Waals surface area contributed by atoms with E-state index in [1.54, 1.807) is 0 Å². The average molecular weight is 290 g/mol. The highest BCUT2D eigenvalue weighted by atomic mass is 16.4. The predicted molar refractivity (Wildman–Crippen MR) is 80.1 cm³/mol. The highest BCUT2D eigenvalue weighted by Gasteiger charge is 2.19. The summed E-state index contributed by atoms with van der Waals surface area (Å²) in [7, 11) is 0. The first kappa shape index (κ1) is 15.4. The molecule has 5 nitrogen and oxygen atoms in total. The number of carboxylic acid groups (broad SMARTS) is 1. The molecule has 0 saturated heterocycles. The van der Waals surface area contributed by atoms with Crippen LogP contribution in [0.25, 0.3) is 0 Å². The number of rotatable bonds is 6. The Hall–Kier alpha value is -2.04. The molecule has 1 aromatic rings. The molecule has 0 spiro atoms. The largest absolute Gasteiger partial charge is 0.481 e. The molecule has 1 aliphatic rings. The Kier molecular flexibility index (Phi) is 5.60. The highest BCUT2D eigenvalue weighted by molar-refractivity contribution is 5.74. The number of nitrogens with zero attached hydrogens (tertiary/aromatic N) is 1. The number of benzene rings is 1. The van der Waals surface area contributed by atoms with E-state index in [4.69, 9.17) is 5.11 Å². The number of hydrogen-bond donors (Lipinski definition) is 2. The summed E-state index contributed by atoms with van der Waals surface area (Å²) in [6, 6.07) is 8.20. The van der Waals surface area contributed by atoms with Gasteiger partial charge in [0.25, 0.3) is 0 Å². The van der Waals surface area contributed by atoms with Crippen molar-refractivity contribution >= 4 is 12.0 Å². The molecule has 0 aliphatic carbocycles. The van der Waals surface area contributed by atoms with Crippen LogP contribution in [-0.2, 0) is 17.8 Å². The van der Waals surface area contributed by atoms with Crippen molar-refractivity contribution in [1.82, 2.24) is 10.2 Å². The van der Waals surface area contributed by atoms with Gasteiger partial charge in [-0.05, 0) is 30.4 Å². The van der Waals surface area contributed by atoms with Gasteiger partial charge >= 0.3 is 12.0 Å². The maximum absolute atomic E-state index is 12.1. The lowest BCUT2D eigenvalue weighted by Crippen LogP contribution is -2.43. The van der Waals surface area contributed by atoms with Crippen LogP contribution in [0, 0.1) is 0 Å². The monoisotopic (exact) mass is 290 g/mol. The fraction of sp³-hybridized carbons (Fsp3) is 0.500. The lowest BCUT2D eigenvalue weighted by atomic mass is 10.0. The summed E-state index contributed by atoms with van der Waals surface area (Å²) < 4.78 is 0. The summed E-state index contributed by atoms with van der Waals surface area (Å²) >= 11 is 0. The second-order valence-corrected chi connectivity index (χ2v) is 5.38. The van der Waals surface area contributed by atoms with Gasteiger partial charge < -0.3 is 15.3 Å². The van der Waals surface area contributed by atoms with E-state index in [-0.39, 0.29) is 12.5 Å². The number of amides is 2. The van der Waals surface area contributed by atoms with E-state index >= 15 is 0 Å². The molecule has 2 N–H and O–H groups in total. The first-order valence-electron chi connectivity index (χ1n) is 7.48. The zero-order valence-electron chi connectivity index (χ0n) is 12.2. The van der Waals surface area contributed by atoms with Gasteiger partial charge in [-0.1, -0.05) is 30.7 Å². The molecule has 21 heavy (non-hydrogen) atoms. The number of nitrogens with one attached hydrogen (secondary N) is 1. The van der Waals surface area contributed by atoms with Crippen LogP contribution < -0.4 is 5.32 Å². The third-order valence-electron chi connectivity index (χ3n) is 3.76. The summed E-state index contributed by atoms with van der Waals surface area (Å²) in [5.41, 5.74) is 2.55. The zero-order chi connectivity index (χ0) is 15.1. The van der Waals surface area contributed by atoms with Gasteiger partial charge in [0.1, 0.15) is 0 Å². The normalized spacial score (nSPS) is 13.6. The number of unbranched alkanes of at least 4 members (excludes halogenated alkanes) is 2. The molecule has 114 valence electrons. The Balaban J connectivity index is 1.67. The van der Waals surface area contributed by atoms with Crippen LogP contribution in [0.3, 0.4) is 0 Å². The van der Waals surface area contributed by atoms with Gasteiger partial charge in [-0.2, -0.15) is 0 Å². The SMILES string of the molecule is O=C(O)CCCCCNC(=O)N1CCc2ccccc2C1. The molecular weight excluding hydrogens is 268 g/mol. The van der Waals surface area contributed by atoms with E-state index < -0.39 is 5.97 Å². The molecule has 1 aromatic carbocycles. The Morgan fingerprint density at radius 2 is 1.90 bits per heavy atom. The van der Waals surface area contributed by atoms with Crippen molar-refractivity contribution in [1.29, 1.82) is 0 Å². The van der Waals surface area contributed by atoms with Gasteiger partial charge in [0, 0.05) is 26.1 Å². The summed E-state index contributed by atoms with van der Waals surface area (Å²) in [6.07, 6.45) is 3.43. The van der Waals surface area contributed by atoms with Crippen LogP contribution >= 0.6 is 0 Å². The molecule has 2 amide bonds. The maximum Gasteiger partial charge on any atom is 0.317 e. The lowest BCUT2D eigenvalue weighted by molar-refractivity contribution is -0.137. The van der Waals surface area contributed by atoms with Crippen LogP contribution in [0.1, 0.15) is 36.8 Å². The van der Waals surface area contributed by atoms with Gasteiger partial charge in [-0.25, -0.2) is 4.79 Å². The molecule has 0 radical (unpaired) electrons. The van der Waals surface area contributed by atoms with Gasteiger partial charge in [0.05, 0.1) is 0 Å². The summed E-state index contributed by atoms with van der Waals surface area (Å²) in [5.74, 6) is -0.758. The average Bonchev–Trinajstić information content (AvgIpc) is 2.49. The van der Waals surface area contributed by atoms with Crippen molar-refractivity contribution in [3.8, 4) is 0 Å². The first-order chi connectivity index (χ1) is 10.2. The topological polar surface area (TPSA) is 69.6 Å². The van der Waals surface area contributed by atoms with E-state index in [1.165, 1.54) is 11.1 Å². The van der Waals surface area contributed by atoms with Crippen LogP contribution in [0.15, 0.2) is 24.3 Å². The second-order valence-electron chi connectivity index (χ2n) is 5.38. The van der Waals surface area contributed by atoms with Gasteiger partial charge in [-0.15, -0.1) is 0 Å². The van der Waals surface area contributed by atoms with E-state index in [9.17, 15) is 9.59 Å². The first-order valence-corrected chi connectivity index (χ1v) is 7.48. The Bertz CT molecular complexity index is 502. The Morgan fingerprint density at radius 3 is 2.67 bits per heavy atom. The molecule has 0 atom stereocenters. The Morgan fingerprint density at radius 1 is 1.14 bits per heavy atom. The Labute approximate surface area is 125 Å². The summed E-state index contributed by atoms with van der Waals surface area (Å²) in [5, 5.41) is 11.4. The molecule has 1 heterocycles. The standard InChI is InChI=1S/C16H22N2O3/c19-15(20)8-2-1-5-10-17-16(21)18-11-9-13-6-3-4-7-14(13)12-18/h3-4,6-7H,1-2,5,8-12H2,(H,17,21)(H,19,20). The molecule has 1 aliphatic heterocycles. The molecule has 0 fully saturated rings. The van der Waals surface area contributed by atoms with Gasteiger partial charge in [-0.3, -0.25) is 4.79 Å². The van der Waals surface area contributed by atoms with Crippen LogP contribution in [0.4, 0.5) is 4.79 Å². The smallest absolute Gasteiger partial charge is 0.317 e. The molecule has 0 aromatic heterocycles. The number of carbonyl (C=O) groups excluding carboxylic acids is 1. The summed E-state index contributed by atoms with van der Waals surface area (Å²) in [6.45, 7) is 2.03. The fourth-order valence-electron chi connectivity index (χ4n) is 2.55. The molecular formula is C16H22N2O3. The zero-order valence-corrected chi connectivity index (χ0v) is 12.2. The van der Waals surface area contributed by atoms with E-state index in [0.717, 1.165) is 25.8 Å². The molecule has 0 saturated carbocycles. The van der Waals surface area contributed by atoms with Crippen molar-refractivity contribution in [2.75, 3.05) is 13.1 Å². The van der Waals surface area contributed by atoms with E-state index in [1.807, 2.05) is 17.0 Å². The minimum Gasteiger partial charge on any atom is -0.481 e. The van der Waals surface area contributed by atoms with Crippen molar-refractivity contribution in [2.24, 2.45) is 0 Å². The molecule has 0 unspecified atom stereocenters. The quantitative estimate of drug-likeness (QED) is 0.790. The number of carbonyl (C=O) groups is 2. The minimum atomic E-state index is -0.758. The van der Waals surface area contributed by atoms with Crippen LogP contribution in [0.5, 0.6) is 0 Å². The summed E-state index contributed by atoms with van der Waals surface area (Å²) in [4.78, 5) is 24.3. The molecule has 0 bridgehead atoms. The van der Waals surface area contributed by atoms with E-state index in [0.29, 0.717) is 19.5 Å². The van der Waals surface area contributed by atoms with Crippen LogP contribution in [-0.4, -0.2) is 35.1 Å². The third kappa shape index (κ3) is 4.77. The highest BCUT2D eigenvalue weighted by Crippen LogP contribution is 2.18. The number of fused-ring (bicyclic) bond motifs is 1. The lowest BCUT2D eigenvalue weighted by Gasteiger charge is -2.29. The second kappa shape index (κ2) is 7.67. The molecule has 5 heteroatoms. The third-order valence-corrected chi connectivity index (χ3v) is 3.76. The van der Waals surface area contributed by atoms with Crippen molar-refractivity contribution < 1.29 is 14.7 Å². The minimum absolute atomic E-state index is 0.0252. The fourth-order valence-corrected chi connectivity index (χ4v) is 2.55. The number of urea groups is 1. The molecule has 2 rings (SSSR count). The van der Waals surface area contributed by atoms with Crippen LogP contribution in [0.2, 0.25) is 0 Å². The van der Waals surface area contributed by atoms with Crippen molar-refractivity contribution in [2.45, 2.75) is 38.6 Å². The van der Waals surface area contributed by atoms with Gasteiger partial charge in [0.2, 0.25) is 0 Å². The van der Waals surface area contributed by atoms with Gasteiger partial charge in [0.15, 0.2) is 0 Å². The maximum atomic E-state index is 12.1. The number of aliphatic carboxylic acids is 1. The predicted octanol–water partition coefficient (Wildman–Crippen LogP) is 2.40. The van der Waals surface area contributed by atoms with Crippen molar-refractivity contribution in [3.05, 3.63) is 35.4 Å². The number of carboxylic acids is 1. The van der Waals surface area contributed by atoms with E-state index in [2.05, 4.69) is 17.4 Å².